The van der Waals surface area contributed by atoms with Crippen LogP contribution in [0.25, 0.3) is 11.0 Å². The predicted molar refractivity (Wildman–Crippen MR) is 61.1 cm³/mol. The fraction of sp³-hybridized carbons (Fsp3) is 0.333. The second-order valence-electron chi connectivity index (χ2n) is 3.98. The van der Waals surface area contributed by atoms with E-state index in [-0.39, 0.29) is 12.1 Å². The zero-order chi connectivity index (χ0) is 11.8. The Morgan fingerprint density at radius 1 is 1.44 bits per heavy atom. The van der Waals surface area contributed by atoms with Crippen LogP contribution >= 0.6 is 0 Å². The van der Waals surface area contributed by atoms with Crippen LogP contribution in [0.1, 0.15) is 26.0 Å². The molecule has 0 aliphatic rings. The quantitative estimate of drug-likeness (QED) is 0.845. The lowest BCUT2D eigenvalue weighted by atomic mass is 10.0. The van der Waals surface area contributed by atoms with Crippen molar-refractivity contribution in [1.82, 2.24) is 9.97 Å². The van der Waals surface area contributed by atoms with Crippen molar-refractivity contribution in [1.29, 1.82) is 0 Å². The Hall–Kier alpha value is -1.71. The average molecular weight is 220 g/mol. The van der Waals surface area contributed by atoms with Gasteiger partial charge in [0.05, 0.1) is 11.0 Å². The first-order valence-electron chi connectivity index (χ1n) is 5.23. The predicted octanol–water partition coefficient (Wildman–Crippen LogP) is 2.52. The van der Waals surface area contributed by atoms with Gasteiger partial charge in [-0.05, 0) is 25.5 Å². The molecule has 0 radical (unpaired) electrons. The van der Waals surface area contributed by atoms with Crippen molar-refractivity contribution in [3.63, 3.8) is 0 Å². The van der Waals surface area contributed by atoms with E-state index in [1.165, 1.54) is 6.92 Å². The SMILES string of the molecule is CCC(C)(F)c1nc2ccccc2[nH]c1=O. The van der Waals surface area contributed by atoms with Gasteiger partial charge < -0.3 is 4.98 Å². The second-order valence-corrected chi connectivity index (χ2v) is 3.98. The van der Waals surface area contributed by atoms with Crippen LogP contribution in [-0.4, -0.2) is 9.97 Å². The zero-order valence-corrected chi connectivity index (χ0v) is 9.25. The van der Waals surface area contributed by atoms with E-state index in [4.69, 9.17) is 0 Å². The Morgan fingerprint density at radius 2 is 2.12 bits per heavy atom. The number of hydrogen-bond donors (Lipinski definition) is 1. The van der Waals surface area contributed by atoms with Gasteiger partial charge in [0.2, 0.25) is 0 Å². The molecule has 1 aromatic carbocycles. The van der Waals surface area contributed by atoms with Gasteiger partial charge in [-0.1, -0.05) is 19.1 Å². The van der Waals surface area contributed by atoms with Crippen molar-refractivity contribution in [3.8, 4) is 0 Å². The normalized spacial score (nSPS) is 14.9. The van der Waals surface area contributed by atoms with Gasteiger partial charge in [-0.15, -0.1) is 0 Å². The van der Waals surface area contributed by atoms with E-state index in [1.807, 2.05) is 0 Å². The number of fused-ring (bicyclic) bond motifs is 1. The molecule has 1 atom stereocenters. The van der Waals surface area contributed by atoms with Crippen LogP contribution in [-0.2, 0) is 5.67 Å². The Labute approximate surface area is 92.3 Å². The van der Waals surface area contributed by atoms with Crippen molar-refractivity contribution < 1.29 is 4.39 Å². The minimum atomic E-state index is -1.68. The molecule has 0 aliphatic heterocycles. The Morgan fingerprint density at radius 3 is 2.81 bits per heavy atom. The Kier molecular flexibility index (Phi) is 2.50. The number of aromatic nitrogens is 2. The molecule has 84 valence electrons. The molecule has 0 aliphatic carbocycles. The Balaban J connectivity index is 2.73. The van der Waals surface area contributed by atoms with Crippen LogP contribution in [0.2, 0.25) is 0 Å². The van der Waals surface area contributed by atoms with Gasteiger partial charge in [0.25, 0.3) is 5.56 Å². The maximum Gasteiger partial charge on any atom is 0.273 e. The summed E-state index contributed by atoms with van der Waals surface area (Å²) in [5.74, 6) is 0. The third-order valence-electron chi connectivity index (χ3n) is 2.76. The van der Waals surface area contributed by atoms with Gasteiger partial charge in [0.15, 0.2) is 5.67 Å². The standard InChI is InChI=1S/C12H13FN2O/c1-3-12(2,13)10-11(16)15-9-7-5-4-6-8(9)14-10/h4-7H,3H2,1-2H3,(H,15,16). The van der Waals surface area contributed by atoms with E-state index in [9.17, 15) is 9.18 Å². The minimum Gasteiger partial charge on any atom is -0.319 e. The molecule has 0 saturated carbocycles. The average Bonchev–Trinajstić information content (AvgIpc) is 2.28. The van der Waals surface area contributed by atoms with E-state index >= 15 is 0 Å². The molecule has 2 rings (SSSR count). The van der Waals surface area contributed by atoms with Gasteiger partial charge in [0, 0.05) is 0 Å². The molecule has 1 N–H and O–H groups in total. The highest BCUT2D eigenvalue weighted by atomic mass is 19.1. The monoisotopic (exact) mass is 220 g/mol. The molecule has 0 bridgehead atoms. The van der Waals surface area contributed by atoms with Crippen molar-refractivity contribution in [2.45, 2.75) is 25.9 Å². The number of alkyl halides is 1. The van der Waals surface area contributed by atoms with Gasteiger partial charge >= 0.3 is 0 Å². The molecule has 3 nitrogen and oxygen atoms in total. The first-order valence-corrected chi connectivity index (χ1v) is 5.23. The van der Waals surface area contributed by atoms with Crippen molar-refractivity contribution in [2.75, 3.05) is 0 Å². The molecule has 1 heterocycles. The van der Waals surface area contributed by atoms with Gasteiger partial charge in [-0.3, -0.25) is 4.79 Å². The first-order chi connectivity index (χ1) is 7.54. The summed E-state index contributed by atoms with van der Waals surface area (Å²) in [6, 6.07) is 7.10. The van der Waals surface area contributed by atoms with Crippen molar-refractivity contribution in [2.24, 2.45) is 0 Å². The lowest BCUT2D eigenvalue weighted by molar-refractivity contribution is 0.177. The topological polar surface area (TPSA) is 45.8 Å². The molecule has 0 fully saturated rings. The van der Waals surface area contributed by atoms with E-state index in [2.05, 4.69) is 9.97 Å². The van der Waals surface area contributed by atoms with Gasteiger partial charge in [-0.2, -0.15) is 0 Å². The van der Waals surface area contributed by atoms with Gasteiger partial charge in [-0.25, -0.2) is 9.37 Å². The summed E-state index contributed by atoms with van der Waals surface area (Å²) in [5.41, 5.74) is -0.950. The largest absolute Gasteiger partial charge is 0.319 e. The summed E-state index contributed by atoms with van der Waals surface area (Å²) in [6.45, 7) is 3.07. The number of rotatable bonds is 2. The van der Waals surface area contributed by atoms with Crippen LogP contribution in [0.15, 0.2) is 29.1 Å². The number of nitrogens with zero attached hydrogens (tertiary/aromatic N) is 1. The smallest absolute Gasteiger partial charge is 0.273 e. The third-order valence-corrected chi connectivity index (χ3v) is 2.76. The summed E-state index contributed by atoms with van der Waals surface area (Å²) >= 11 is 0. The summed E-state index contributed by atoms with van der Waals surface area (Å²) in [7, 11) is 0. The summed E-state index contributed by atoms with van der Waals surface area (Å²) in [4.78, 5) is 18.4. The number of aromatic amines is 1. The summed E-state index contributed by atoms with van der Waals surface area (Å²) in [5, 5.41) is 0. The molecule has 2 aromatic rings. The second kappa shape index (κ2) is 3.70. The van der Waals surface area contributed by atoms with Crippen LogP contribution in [0.4, 0.5) is 4.39 Å². The van der Waals surface area contributed by atoms with Crippen LogP contribution in [0, 0.1) is 0 Å². The molecule has 4 heteroatoms. The highest BCUT2D eigenvalue weighted by molar-refractivity contribution is 5.73. The number of nitrogens with one attached hydrogen (secondary N) is 1. The van der Waals surface area contributed by atoms with Crippen LogP contribution < -0.4 is 5.56 Å². The van der Waals surface area contributed by atoms with Crippen molar-refractivity contribution >= 4 is 11.0 Å². The number of H-pyrrole nitrogens is 1. The highest BCUT2D eigenvalue weighted by Crippen LogP contribution is 2.25. The summed E-state index contributed by atoms with van der Waals surface area (Å²) in [6.07, 6.45) is 0.224. The molecule has 0 saturated heterocycles. The fourth-order valence-electron chi connectivity index (χ4n) is 1.55. The van der Waals surface area contributed by atoms with Gasteiger partial charge in [0.1, 0.15) is 5.69 Å². The molecule has 0 amide bonds. The van der Waals surface area contributed by atoms with Crippen LogP contribution in [0.3, 0.4) is 0 Å². The first kappa shape index (κ1) is 10.8. The zero-order valence-electron chi connectivity index (χ0n) is 9.25. The summed E-state index contributed by atoms with van der Waals surface area (Å²) < 4.78 is 14.1. The number of hydrogen-bond acceptors (Lipinski definition) is 2. The maximum absolute atomic E-state index is 14.1. The highest BCUT2D eigenvalue weighted by Gasteiger charge is 2.28. The van der Waals surface area contributed by atoms with E-state index in [0.717, 1.165) is 0 Å². The van der Waals surface area contributed by atoms with E-state index in [0.29, 0.717) is 11.0 Å². The van der Waals surface area contributed by atoms with E-state index in [1.54, 1.807) is 31.2 Å². The molecule has 16 heavy (non-hydrogen) atoms. The van der Waals surface area contributed by atoms with Crippen molar-refractivity contribution in [3.05, 3.63) is 40.3 Å². The Bertz CT molecular complexity index is 574. The molecule has 0 spiro atoms. The number of benzene rings is 1. The lowest BCUT2D eigenvalue weighted by Gasteiger charge is -2.16. The lowest BCUT2D eigenvalue weighted by Crippen LogP contribution is -2.27. The molecular weight excluding hydrogens is 207 g/mol. The fourth-order valence-corrected chi connectivity index (χ4v) is 1.55. The molecule has 1 aromatic heterocycles. The minimum absolute atomic E-state index is 0.0475. The number of para-hydroxylation sites is 2. The number of halogens is 1. The molecular formula is C12H13FN2O. The molecule has 1 unspecified atom stereocenters. The third kappa shape index (κ3) is 1.71. The van der Waals surface area contributed by atoms with E-state index < -0.39 is 11.2 Å². The van der Waals surface area contributed by atoms with Crippen LogP contribution in [0.5, 0.6) is 0 Å². The maximum atomic E-state index is 14.1.